The third-order valence-electron chi connectivity index (χ3n) is 2.98. The summed E-state index contributed by atoms with van der Waals surface area (Å²) in [5.74, 6) is 5.78. The van der Waals surface area contributed by atoms with Crippen molar-refractivity contribution >= 4 is 17.2 Å². The predicted molar refractivity (Wildman–Crippen MR) is 72.2 cm³/mol. The standard InChI is InChI=1S/C14H17NO2S/c16-8-4-5-12-9-13(18-11-12)10-15-7-3-1-2-6-14(15)17/h9,11,16H,1-3,6-8,10H2. The normalized spacial score (nSPS) is 16.1. The van der Waals surface area contributed by atoms with E-state index in [9.17, 15) is 4.79 Å². The maximum Gasteiger partial charge on any atom is 0.222 e. The Labute approximate surface area is 111 Å². The Morgan fingerprint density at radius 1 is 1.39 bits per heavy atom. The van der Waals surface area contributed by atoms with E-state index in [4.69, 9.17) is 5.11 Å². The molecule has 0 spiro atoms. The molecule has 18 heavy (non-hydrogen) atoms. The molecular weight excluding hydrogens is 246 g/mol. The maximum absolute atomic E-state index is 11.9. The summed E-state index contributed by atoms with van der Waals surface area (Å²) < 4.78 is 0. The van der Waals surface area contributed by atoms with Crippen molar-refractivity contribution in [3.63, 3.8) is 0 Å². The lowest BCUT2D eigenvalue weighted by Crippen LogP contribution is -2.29. The molecule has 0 radical (unpaired) electrons. The van der Waals surface area contributed by atoms with Crippen molar-refractivity contribution in [3.05, 3.63) is 21.9 Å². The number of likely N-dealkylation sites (tertiary alicyclic amines) is 1. The highest BCUT2D eigenvalue weighted by molar-refractivity contribution is 7.10. The third kappa shape index (κ3) is 3.59. The van der Waals surface area contributed by atoms with Crippen molar-refractivity contribution < 1.29 is 9.90 Å². The number of carbonyl (C=O) groups is 1. The quantitative estimate of drug-likeness (QED) is 0.829. The Morgan fingerprint density at radius 3 is 3.11 bits per heavy atom. The van der Waals surface area contributed by atoms with Gasteiger partial charge in [0.2, 0.25) is 5.91 Å². The van der Waals surface area contributed by atoms with Gasteiger partial charge in [0, 0.05) is 28.8 Å². The van der Waals surface area contributed by atoms with Crippen LogP contribution in [-0.2, 0) is 11.3 Å². The molecule has 0 saturated carbocycles. The first-order chi connectivity index (χ1) is 8.79. The van der Waals surface area contributed by atoms with E-state index < -0.39 is 0 Å². The van der Waals surface area contributed by atoms with Crippen LogP contribution in [0.25, 0.3) is 0 Å². The molecule has 96 valence electrons. The third-order valence-corrected chi connectivity index (χ3v) is 3.91. The molecule has 1 saturated heterocycles. The lowest BCUT2D eigenvalue weighted by atomic mass is 10.2. The van der Waals surface area contributed by atoms with Crippen molar-refractivity contribution in [2.24, 2.45) is 0 Å². The number of rotatable bonds is 2. The minimum absolute atomic E-state index is 0.115. The zero-order valence-corrected chi connectivity index (χ0v) is 11.1. The molecule has 0 unspecified atom stereocenters. The number of aliphatic hydroxyl groups excluding tert-OH is 1. The van der Waals surface area contributed by atoms with Gasteiger partial charge in [0.25, 0.3) is 0 Å². The highest BCUT2D eigenvalue weighted by Crippen LogP contribution is 2.19. The lowest BCUT2D eigenvalue weighted by Gasteiger charge is -2.19. The zero-order chi connectivity index (χ0) is 12.8. The van der Waals surface area contributed by atoms with Crippen molar-refractivity contribution in [3.8, 4) is 11.8 Å². The molecule has 0 atom stereocenters. The molecule has 2 rings (SSSR count). The first kappa shape index (κ1) is 13.1. The van der Waals surface area contributed by atoms with Gasteiger partial charge in [-0.1, -0.05) is 18.3 Å². The van der Waals surface area contributed by atoms with E-state index in [1.807, 2.05) is 16.3 Å². The summed E-state index contributed by atoms with van der Waals surface area (Å²) >= 11 is 1.62. The molecule has 1 aromatic rings. The second-order valence-corrected chi connectivity index (χ2v) is 5.38. The average Bonchev–Trinajstić information content (AvgIpc) is 2.72. The van der Waals surface area contributed by atoms with E-state index in [0.717, 1.165) is 36.2 Å². The molecule has 1 amide bonds. The Morgan fingerprint density at radius 2 is 2.28 bits per heavy atom. The molecule has 0 aromatic carbocycles. The van der Waals surface area contributed by atoms with Crippen LogP contribution in [0.2, 0.25) is 0 Å². The molecule has 4 heteroatoms. The van der Waals surface area contributed by atoms with Crippen LogP contribution in [0.5, 0.6) is 0 Å². The number of carbonyl (C=O) groups excluding carboxylic acids is 1. The molecule has 0 aliphatic carbocycles. The first-order valence-corrected chi connectivity index (χ1v) is 7.12. The van der Waals surface area contributed by atoms with Crippen LogP contribution in [0.1, 0.15) is 36.1 Å². The number of hydrogen-bond donors (Lipinski definition) is 1. The average molecular weight is 263 g/mol. The van der Waals surface area contributed by atoms with Crippen molar-refractivity contribution in [1.29, 1.82) is 0 Å². The van der Waals surface area contributed by atoms with Crippen molar-refractivity contribution in [2.75, 3.05) is 13.2 Å². The fourth-order valence-electron chi connectivity index (χ4n) is 2.06. The maximum atomic E-state index is 11.9. The van der Waals surface area contributed by atoms with Crippen LogP contribution < -0.4 is 0 Å². The molecule has 0 bridgehead atoms. The van der Waals surface area contributed by atoms with Gasteiger partial charge in [-0.2, -0.15) is 0 Å². The van der Waals surface area contributed by atoms with Crippen LogP contribution in [-0.4, -0.2) is 29.1 Å². The minimum atomic E-state index is -0.115. The van der Waals surface area contributed by atoms with Gasteiger partial charge in [-0.3, -0.25) is 4.79 Å². The van der Waals surface area contributed by atoms with Crippen LogP contribution in [0.15, 0.2) is 11.4 Å². The Balaban J connectivity index is 1.99. The summed E-state index contributed by atoms with van der Waals surface area (Å²) in [6, 6.07) is 2.01. The molecule has 1 aliphatic heterocycles. The first-order valence-electron chi connectivity index (χ1n) is 6.24. The molecule has 1 fully saturated rings. The predicted octanol–water partition coefficient (Wildman–Crippen LogP) is 1.99. The monoisotopic (exact) mass is 263 g/mol. The summed E-state index contributed by atoms with van der Waals surface area (Å²) in [4.78, 5) is 15.0. The van der Waals surface area contributed by atoms with Crippen molar-refractivity contribution in [2.45, 2.75) is 32.2 Å². The molecule has 1 aromatic heterocycles. The Kier molecular flexibility index (Phi) is 4.80. The molecule has 1 aliphatic rings. The lowest BCUT2D eigenvalue weighted by molar-refractivity contribution is -0.131. The van der Waals surface area contributed by atoms with E-state index >= 15 is 0 Å². The molecular formula is C14H17NO2S. The fraction of sp³-hybridized carbons (Fsp3) is 0.500. The Bertz CT molecular complexity index is 470. The second kappa shape index (κ2) is 6.58. The number of aliphatic hydroxyl groups is 1. The van der Waals surface area contributed by atoms with E-state index in [1.165, 1.54) is 0 Å². The summed E-state index contributed by atoms with van der Waals surface area (Å²) in [7, 11) is 0. The van der Waals surface area contributed by atoms with Crippen LogP contribution in [0.4, 0.5) is 0 Å². The minimum Gasteiger partial charge on any atom is -0.384 e. The van der Waals surface area contributed by atoms with Gasteiger partial charge < -0.3 is 10.0 Å². The summed E-state index contributed by atoms with van der Waals surface area (Å²) in [5, 5.41) is 10.6. The van der Waals surface area contributed by atoms with E-state index in [-0.39, 0.29) is 12.5 Å². The van der Waals surface area contributed by atoms with Crippen LogP contribution in [0, 0.1) is 11.8 Å². The van der Waals surface area contributed by atoms with E-state index in [2.05, 4.69) is 11.8 Å². The largest absolute Gasteiger partial charge is 0.384 e. The van der Waals surface area contributed by atoms with Gasteiger partial charge in [-0.25, -0.2) is 0 Å². The topological polar surface area (TPSA) is 40.5 Å². The summed E-state index contributed by atoms with van der Waals surface area (Å²) in [6.45, 7) is 1.45. The second-order valence-electron chi connectivity index (χ2n) is 4.39. The van der Waals surface area contributed by atoms with Gasteiger partial charge in [-0.05, 0) is 18.9 Å². The van der Waals surface area contributed by atoms with Gasteiger partial charge in [0.15, 0.2) is 0 Å². The smallest absolute Gasteiger partial charge is 0.222 e. The fourth-order valence-corrected chi connectivity index (χ4v) is 2.90. The molecule has 1 N–H and O–H groups in total. The van der Waals surface area contributed by atoms with Gasteiger partial charge >= 0.3 is 0 Å². The highest BCUT2D eigenvalue weighted by Gasteiger charge is 2.17. The highest BCUT2D eigenvalue weighted by atomic mass is 32.1. The number of thiophene rings is 1. The summed E-state index contributed by atoms with van der Waals surface area (Å²) in [6.07, 6.45) is 3.96. The van der Waals surface area contributed by atoms with Crippen LogP contribution in [0.3, 0.4) is 0 Å². The number of nitrogens with zero attached hydrogens (tertiary/aromatic N) is 1. The van der Waals surface area contributed by atoms with Gasteiger partial charge in [0.05, 0.1) is 6.54 Å². The van der Waals surface area contributed by atoms with E-state index in [1.54, 1.807) is 11.3 Å². The van der Waals surface area contributed by atoms with Crippen molar-refractivity contribution in [1.82, 2.24) is 4.90 Å². The van der Waals surface area contributed by atoms with Gasteiger partial charge in [-0.15, -0.1) is 11.3 Å². The Hall–Kier alpha value is -1.31. The SMILES string of the molecule is O=C1CCCCCN1Cc1cc(C#CCO)cs1. The number of hydrogen-bond acceptors (Lipinski definition) is 3. The zero-order valence-electron chi connectivity index (χ0n) is 10.3. The molecule has 2 heterocycles. The van der Waals surface area contributed by atoms with E-state index in [0.29, 0.717) is 13.0 Å². The van der Waals surface area contributed by atoms with Gasteiger partial charge in [0.1, 0.15) is 6.61 Å². The number of amides is 1. The van der Waals surface area contributed by atoms with Crippen LogP contribution >= 0.6 is 11.3 Å². The summed E-state index contributed by atoms with van der Waals surface area (Å²) in [5.41, 5.74) is 0.923. The molecule has 3 nitrogen and oxygen atoms in total.